The first-order valence-electron chi connectivity index (χ1n) is 6.34. The molecule has 1 heterocycles. The average molecular weight is 212 g/mol. The van der Waals surface area contributed by atoms with Crippen LogP contribution in [0.1, 0.15) is 25.7 Å². The monoisotopic (exact) mass is 212 g/mol. The summed E-state index contributed by atoms with van der Waals surface area (Å²) in [6.45, 7) is 6.15. The van der Waals surface area contributed by atoms with E-state index in [-0.39, 0.29) is 0 Å². The van der Waals surface area contributed by atoms with E-state index in [1.807, 2.05) is 7.11 Å². The van der Waals surface area contributed by atoms with E-state index in [0.29, 0.717) is 6.10 Å². The maximum Gasteiger partial charge on any atom is 0.0571 e. The van der Waals surface area contributed by atoms with Gasteiger partial charge >= 0.3 is 0 Å². The van der Waals surface area contributed by atoms with Crippen molar-refractivity contribution >= 4 is 0 Å². The second kappa shape index (κ2) is 5.83. The predicted octanol–water partition coefficient (Wildman–Crippen LogP) is 1.10. The number of methoxy groups -OCH3 is 1. The average Bonchev–Trinajstić information content (AvgIpc) is 2.31. The largest absolute Gasteiger partial charge is 0.381 e. The Morgan fingerprint density at radius 2 is 1.80 bits per heavy atom. The highest BCUT2D eigenvalue weighted by molar-refractivity contribution is 4.77. The molecule has 0 spiro atoms. The lowest BCUT2D eigenvalue weighted by atomic mass is 9.87. The first-order valence-corrected chi connectivity index (χ1v) is 6.34. The molecule has 0 atom stereocenters. The fraction of sp³-hybridized carbons (Fsp3) is 1.00. The molecule has 2 rings (SSSR count). The fourth-order valence-corrected chi connectivity index (χ4v) is 2.81. The number of nitrogens with zero attached hydrogens (tertiary/aromatic N) is 1. The number of rotatable bonds is 3. The van der Waals surface area contributed by atoms with Crippen LogP contribution in [0.3, 0.4) is 0 Å². The van der Waals surface area contributed by atoms with E-state index in [4.69, 9.17) is 4.74 Å². The second-order valence-corrected chi connectivity index (χ2v) is 4.93. The highest BCUT2D eigenvalue weighted by Gasteiger charge is 2.23. The third kappa shape index (κ3) is 3.44. The van der Waals surface area contributed by atoms with E-state index >= 15 is 0 Å². The summed E-state index contributed by atoms with van der Waals surface area (Å²) in [6, 6.07) is 0. The Morgan fingerprint density at radius 3 is 2.40 bits per heavy atom. The maximum atomic E-state index is 5.41. The summed E-state index contributed by atoms with van der Waals surface area (Å²) < 4.78 is 5.41. The van der Waals surface area contributed by atoms with Gasteiger partial charge in [0.2, 0.25) is 0 Å². The van der Waals surface area contributed by atoms with Gasteiger partial charge in [-0.3, -0.25) is 0 Å². The minimum Gasteiger partial charge on any atom is -0.381 e. The van der Waals surface area contributed by atoms with Gasteiger partial charge < -0.3 is 15.0 Å². The molecule has 3 nitrogen and oxygen atoms in total. The van der Waals surface area contributed by atoms with Crippen LogP contribution in [0, 0.1) is 5.92 Å². The molecule has 1 aliphatic heterocycles. The summed E-state index contributed by atoms with van der Waals surface area (Å²) in [7, 11) is 1.85. The van der Waals surface area contributed by atoms with Crippen molar-refractivity contribution in [3.63, 3.8) is 0 Å². The van der Waals surface area contributed by atoms with E-state index in [9.17, 15) is 0 Å². The molecule has 1 saturated carbocycles. The van der Waals surface area contributed by atoms with Gasteiger partial charge in [0, 0.05) is 39.8 Å². The molecule has 1 saturated heterocycles. The quantitative estimate of drug-likeness (QED) is 0.758. The molecule has 0 aromatic carbocycles. The molecule has 0 unspecified atom stereocenters. The molecule has 0 amide bonds. The zero-order valence-corrected chi connectivity index (χ0v) is 9.87. The lowest BCUT2D eigenvalue weighted by Gasteiger charge is -2.34. The molecule has 15 heavy (non-hydrogen) atoms. The minimum absolute atomic E-state index is 0.546. The van der Waals surface area contributed by atoms with Gasteiger partial charge in [0.15, 0.2) is 0 Å². The highest BCUT2D eigenvalue weighted by Crippen LogP contribution is 2.26. The van der Waals surface area contributed by atoms with Crippen LogP contribution >= 0.6 is 0 Å². The number of hydrogen-bond acceptors (Lipinski definition) is 3. The topological polar surface area (TPSA) is 24.5 Å². The normalized spacial score (nSPS) is 34.2. The van der Waals surface area contributed by atoms with Crippen LogP contribution in [0.2, 0.25) is 0 Å². The summed E-state index contributed by atoms with van der Waals surface area (Å²) in [5, 5.41) is 3.41. The van der Waals surface area contributed by atoms with Crippen LogP contribution in [-0.2, 0) is 4.74 Å². The molecular formula is C12H24N2O. The summed E-state index contributed by atoms with van der Waals surface area (Å²) in [4.78, 5) is 2.62. The van der Waals surface area contributed by atoms with Gasteiger partial charge in [0.25, 0.3) is 0 Å². The van der Waals surface area contributed by atoms with Crippen LogP contribution in [0.15, 0.2) is 0 Å². The molecule has 88 valence electrons. The minimum atomic E-state index is 0.546. The molecular weight excluding hydrogens is 188 g/mol. The Labute approximate surface area is 93.2 Å². The number of piperazine rings is 1. The van der Waals surface area contributed by atoms with Crippen molar-refractivity contribution in [3.8, 4) is 0 Å². The molecule has 0 aromatic rings. The van der Waals surface area contributed by atoms with E-state index in [2.05, 4.69) is 10.2 Å². The Balaban J connectivity index is 1.67. The summed E-state index contributed by atoms with van der Waals surface area (Å²) in [5.74, 6) is 0.925. The zero-order valence-electron chi connectivity index (χ0n) is 9.87. The number of hydrogen-bond donors (Lipinski definition) is 1. The van der Waals surface area contributed by atoms with Gasteiger partial charge in [0.1, 0.15) is 0 Å². The van der Waals surface area contributed by atoms with Gasteiger partial charge in [-0.05, 0) is 31.6 Å². The Kier molecular flexibility index (Phi) is 4.42. The van der Waals surface area contributed by atoms with Crippen LogP contribution in [-0.4, -0.2) is 50.8 Å². The SMILES string of the molecule is COC1CCC(CN2CCNCC2)CC1. The predicted molar refractivity (Wildman–Crippen MR) is 62.1 cm³/mol. The van der Waals surface area contributed by atoms with Crippen molar-refractivity contribution in [2.24, 2.45) is 5.92 Å². The van der Waals surface area contributed by atoms with Crippen molar-refractivity contribution in [1.29, 1.82) is 0 Å². The van der Waals surface area contributed by atoms with Crippen molar-refractivity contribution in [2.45, 2.75) is 31.8 Å². The molecule has 2 aliphatic rings. The fourth-order valence-electron chi connectivity index (χ4n) is 2.81. The van der Waals surface area contributed by atoms with E-state index in [1.54, 1.807) is 0 Å². The van der Waals surface area contributed by atoms with Crippen LogP contribution in [0.25, 0.3) is 0 Å². The second-order valence-electron chi connectivity index (χ2n) is 4.93. The Bertz CT molecular complexity index is 172. The zero-order chi connectivity index (χ0) is 10.5. The third-order valence-electron chi connectivity index (χ3n) is 3.85. The summed E-state index contributed by atoms with van der Waals surface area (Å²) >= 11 is 0. The first-order chi connectivity index (χ1) is 7.38. The highest BCUT2D eigenvalue weighted by atomic mass is 16.5. The van der Waals surface area contributed by atoms with Crippen molar-refractivity contribution in [3.05, 3.63) is 0 Å². The number of nitrogens with one attached hydrogen (secondary N) is 1. The van der Waals surface area contributed by atoms with Gasteiger partial charge in [-0.15, -0.1) is 0 Å². The standard InChI is InChI=1S/C12H24N2O/c1-15-12-4-2-11(3-5-12)10-14-8-6-13-7-9-14/h11-13H,2-10H2,1H3. The van der Waals surface area contributed by atoms with E-state index in [0.717, 1.165) is 5.92 Å². The van der Waals surface area contributed by atoms with Crippen molar-refractivity contribution in [2.75, 3.05) is 39.8 Å². The lowest BCUT2D eigenvalue weighted by Crippen LogP contribution is -2.45. The molecule has 0 bridgehead atoms. The van der Waals surface area contributed by atoms with Gasteiger partial charge in [-0.25, -0.2) is 0 Å². The Hall–Kier alpha value is -0.120. The molecule has 0 aromatic heterocycles. The molecule has 1 N–H and O–H groups in total. The van der Waals surface area contributed by atoms with Crippen molar-refractivity contribution in [1.82, 2.24) is 10.2 Å². The van der Waals surface area contributed by atoms with Gasteiger partial charge in [0.05, 0.1) is 6.10 Å². The lowest BCUT2D eigenvalue weighted by molar-refractivity contribution is 0.0487. The first kappa shape index (κ1) is 11.4. The molecule has 0 radical (unpaired) electrons. The summed E-state index contributed by atoms with van der Waals surface area (Å²) in [6.07, 6.45) is 5.81. The molecule has 3 heteroatoms. The molecule has 1 aliphatic carbocycles. The Morgan fingerprint density at radius 1 is 1.13 bits per heavy atom. The summed E-state index contributed by atoms with van der Waals surface area (Å²) in [5.41, 5.74) is 0. The smallest absolute Gasteiger partial charge is 0.0571 e. The van der Waals surface area contributed by atoms with Crippen molar-refractivity contribution < 1.29 is 4.74 Å². The van der Waals surface area contributed by atoms with Crippen LogP contribution in [0.4, 0.5) is 0 Å². The van der Waals surface area contributed by atoms with Gasteiger partial charge in [-0.2, -0.15) is 0 Å². The third-order valence-corrected chi connectivity index (χ3v) is 3.85. The van der Waals surface area contributed by atoms with E-state index in [1.165, 1.54) is 58.4 Å². The van der Waals surface area contributed by atoms with Crippen LogP contribution in [0.5, 0.6) is 0 Å². The van der Waals surface area contributed by atoms with Crippen LogP contribution < -0.4 is 5.32 Å². The number of ether oxygens (including phenoxy) is 1. The molecule has 2 fully saturated rings. The van der Waals surface area contributed by atoms with Gasteiger partial charge in [-0.1, -0.05) is 0 Å². The van der Waals surface area contributed by atoms with E-state index < -0.39 is 0 Å². The maximum absolute atomic E-state index is 5.41.